The molecule has 112 valence electrons. The Balaban J connectivity index is 1.92. The molecule has 2 aromatic heterocycles. The fraction of sp³-hybridized carbons (Fsp3) is 0.364. The highest BCUT2D eigenvalue weighted by Crippen LogP contribution is 2.44. The SMILES string of the molecule is CP(=O)(O)O[C@@H]1C[C@H](n2cnc3c(N)ncnc32)C=C1F. The number of allylic oxidation sites excluding steroid dienone is 1. The van der Waals surface area contributed by atoms with Crippen molar-refractivity contribution in [2.24, 2.45) is 0 Å². The van der Waals surface area contributed by atoms with Crippen LogP contribution in [0, 0.1) is 0 Å². The molecule has 21 heavy (non-hydrogen) atoms. The lowest BCUT2D eigenvalue weighted by Crippen LogP contribution is -2.12. The highest BCUT2D eigenvalue weighted by Gasteiger charge is 2.33. The second-order valence-electron chi connectivity index (χ2n) is 4.83. The van der Waals surface area contributed by atoms with Gasteiger partial charge in [-0.25, -0.2) is 19.3 Å². The van der Waals surface area contributed by atoms with Gasteiger partial charge in [0.1, 0.15) is 23.8 Å². The number of nitrogen functional groups attached to an aromatic ring is 1. The summed E-state index contributed by atoms with van der Waals surface area (Å²) in [6.07, 6.45) is 3.23. The van der Waals surface area contributed by atoms with E-state index < -0.39 is 25.6 Å². The summed E-state index contributed by atoms with van der Waals surface area (Å²) in [7, 11) is -3.76. The molecule has 1 aliphatic rings. The van der Waals surface area contributed by atoms with Crippen LogP contribution in [-0.4, -0.2) is 37.2 Å². The van der Waals surface area contributed by atoms with Gasteiger partial charge in [0.2, 0.25) is 0 Å². The molecule has 2 heterocycles. The zero-order valence-corrected chi connectivity index (χ0v) is 11.9. The standard InChI is InChI=1S/C11H13FN5O3P/c1-21(18,19)20-8-3-6(2-7(8)12)17-5-16-9-10(13)14-4-15-11(9)17/h2,4-6,8H,3H2,1H3,(H,18,19)(H2,13,14,15)/t6-,8-/m1/s1. The van der Waals surface area contributed by atoms with Gasteiger partial charge in [-0.15, -0.1) is 0 Å². The molecule has 3 N–H and O–H groups in total. The summed E-state index contributed by atoms with van der Waals surface area (Å²) in [4.78, 5) is 21.2. The second-order valence-corrected chi connectivity index (χ2v) is 6.65. The minimum absolute atomic E-state index is 0.180. The van der Waals surface area contributed by atoms with Crippen LogP contribution in [0.2, 0.25) is 0 Å². The van der Waals surface area contributed by atoms with E-state index in [2.05, 4.69) is 15.0 Å². The minimum atomic E-state index is -3.76. The van der Waals surface area contributed by atoms with Crippen LogP contribution in [0.15, 0.2) is 24.6 Å². The van der Waals surface area contributed by atoms with Gasteiger partial charge in [-0.2, -0.15) is 0 Å². The van der Waals surface area contributed by atoms with Crippen molar-refractivity contribution < 1.29 is 18.4 Å². The summed E-state index contributed by atoms with van der Waals surface area (Å²) < 4.78 is 31.6. The highest BCUT2D eigenvalue weighted by atomic mass is 31.2. The van der Waals surface area contributed by atoms with Crippen LogP contribution in [-0.2, 0) is 9.09 Å². The van der Waals surface area contributed by atoms with Gasteiger partial charge in [0.25, 0.3) is 0 Å². The summed E-state index contributed by atoms with van der Waals surface area (Å²) >= 11 is 0. The molecule has 0 amide bonds. The molecule has 0 fully saturated rings. The molecule has 8 nitrogen and oxygen atoms in total. The third-order valence-corrected chi connectivity index (χ3v) is 3.83. The third kappa shape index (κ3) is 2.67. The van der Waals surface area contributed by atoms with Crippen molar-refractivity contribution in [1.29, 1.82) is 0 Å². The van der Waals surface area contributed by atoms with Crippen LogP contribution in [0.1, 0.15) is 12.5 Å². The van der Waals surface area contributed by atoms with Gasteiger partial charge < -0.3 is 15.2 Å². The predicted octanol–water partition coefficient (Wildman–Crippen LogP) is 1.41. The van der Waals surface area contributed by atoms with E-state index in [1.165, 1.54) is 18.7 Å². The summed E-state index contributed by atoms with van der Waals surface area (Å²) in [5.74, 6) is -0.345. The maximum atomic E-state index is 13.9. The average molecular weight is 313 g/mol. The largest absolute Gasteiger partial charge is 0.382 e. The minimum Gasteiger partial charge on any atom is -0.382 e. The van der Waals surface area contributed by atoms with Gasteiger partial charge in [-0.1, -0.05) is 0 Å². The zero-order valence-electron chi connectivity index (χ0n) is 11.0. The Morgan fingerprint density at radius 3 is 3.00 bits per heavy atom. The van der Waals surface area contributed by atoms with E-state index in [9.17, 15) is 13.8 Å². The molecule has 10 heteroatoms. The summed E-state index contributed by atoms with van der Waals surface area (Å²) in [6.45, 7) is 1.02. The first kappa shape index (κ1) is 14.1. The first-order valence-electron chi connectivity index (χ1n) is 6.14. The first-order chi connectivity index (χ1) is 9.85. The Kier molecular flexibility index (Phi) is 3.27. The Hall–Kier alpha value is -1.83. The van der Waals surface area contributed by atoms with Gasteiger partial charge in [-0.3, -0.25) is 9.09 Å². The molecule has 0 spiro atoms. The molecule has 0 bridgehead atoms. The molecule has 0 aromatic carbocycles. The van der Waals surface area contributed by atoms with E-state index in [4.69, 9.17) is 10.3 Å². The van der Waals surface area contributed by atoms with Gasteiger partial charge in [0, 0.05) is 13.1 Å². The molecular weight excluding hydrogens is 300 g/mol. The molecule has 2 aromatic rings. The Morgan fingerprint density at radius 1 is 1.52 bits per heavy atom. The van der Waals surface area contributed by atoms with Crippen molar-refractivity contribution in [1.82, 2.24) is 19.5 Å². The van der Waals surface area contributed by atoms with Gasteiger partial charge in [0.05, 0.1) is 12.4 Å². The van der Waals surface area contributed by atoms with Gasteiger partial charge in [0.15, 0.2) is 11.5 Å². The van der Waals surface area contributed by atoms with Crippen LogP contribution in [0.3, 0.4) is 0 Å². The van der Waals surface area contributed by atoms with Crippen molar-refractivity contribution in [3.63, 3.8) is 0 Å². The average Bonchev–Trinajstić information content (AvgIpc) is 2.93. The number of fused-ring (bicyclic) bond motifs is 1. The summed E-state index contributed by atoms with van der Waals surface area (Å²) in [5.41, 5.74) is 6.60. The number of hydrogen-bond donors (Lipinski definition) is 2. The maximum Gasteiger partial charge on any atom is 0.325 e. The number of aromatic nitrogens is 4. The quantitative estimate of drug-likeness (QED) is 0.823. The topological polar surface area (TPSA) is 116 Å². The molecular formula is C11H13FN5O3P. The number of nitrogens with two attached hydrogens (primary N) is 1. The summed E-state index contributed by atoms with van der Waals surface area (Å²) in [5, 5.41) is 0. The Morgan fingerprint density at radius 2 is 2.29 bits per heavy atom. The van der Waals surface area contributed by atoms with Gasteiger partial charge >= 0.3 is 7.60 Å². The van der Waals surface area contributed by atoms with Crippen molar-refractivity contribution in [2.45, 2.75) is 18.6 Å². The number of hydrogen-bond acceptors (Lipinski definition) is 6. The van der Waals surface area contributed by atoms with Crippen molar-refractivity contribution in [2.75, 3.05) is 12.4 Å². The maximum absolute atomic E-state index is 13.9. The van der Waals surface area contributed by atoms with E-state index in [1.807, 2.05) is 0 Å². The van der Waals surface area contributed by atoms with Crippen molar-refractivity contribution in [3.05, 3.63) is 24.6 Å². The van der Waals surface area contributed by atoms with Crippen LogP contribution < -0.4 is 5.73 Å². The number of imidazole rings is 1. The van der Waals surface area contributed by atoms with Crippen molar-refractivity contribution in [3.8, 4) is 0 Å². The molecule has 0 aliphatic heterocycles. The Bertz CT molecular complexity index is 770. The lowest BCUT2D eigenvalue weighted by Gasteiger charge is -2.16. The first-order valence-corrected chi connectivity index (χ1v) is 8.16. The number of halogens is 1. The van der Waals surface area contributed by atoms with Crippen LogP contribution >= 0.6 is 7.60 Å². The zero-order chi connectivity index (χ0) is 15.2. The number of anilines is 1. The van der Waals surface area contributed by atoms with Gasteiger partial charge in [-0.05, 0) is 6.08 Å². The lowest BCUT2D eigenvalue weighted by atomic mass is 10.2. The molecule has 1 unspecified atom stereocenters. The molecule has 3 rings (SSSR count). The fourth-order valence-electron chi connectivity index (χ4n) is 2.33. The third-order valence-electron chi connectivity index (χ3n) is 3.18. The number of rotatable bonds is 3. The fourth-order valence-corrected chi connectivity index (χ4v) is 2.99. The van der Waals surface area contributed by atoms with Crippen LogP contribution in [0.5, 0.6) is 0 Å². The van der Waals surface area contributed by atoms with Crippen molar-refractivity contribution >= 4 is 24.6 Å². The molecule has 0 saturated heterocycles. The molecule has 0 saturated carbocycles. The van der Waals surface area contributed by atoms with Crippen LogP contribution in [0.25, 0.3) is 11.2 Å². The van der Waals surface area contributed by atoms with Crippen LogP contribution in [0.4, 0.5) is 10.2 Å². The van der Waals surface area contributed by atoms with E-state index in [0.29, 0.717) is 11.2 Å². The smallest absolute Gasteiger partial charge is 0.325 e. The van der Waals surface area contributed by atoms with E-state index in [-0.39, 0.29) is 12.2 Å². The molecule has 1 aliphatic carbocycles. The highest BCUT2D eigenvalue weighted by molar-refractivity contribution is 7.51. The van der Waals surface area contributed by atoms with E-state index in [1.54, 1.807) is 4.57 Å². The summed E-state index contributed by atoms with van der Waals surface area (Å²) in [6, 6.07) is -0.416. The lowest BCUT2D eigenvalue weighted by molar-refractivity contribution is 0.178. The monoisotopic (exact) mass is 313 g/mol. The normalized spacial score (nSPS) is 25.0. The van der Waals surface area contributed by atoms with E-state index in [0.717, 1.165) is 6.66 Å². The predicted molar refractivity (Wildman–Crippen MR) is 73.2 cm³/mol. The Labute approximate surface area is 119 Å². The second kappa shape index (κ2) is 4.87. The molecule has 0 radical (unpaired) electrons. The van der Waals surface area contributed by atoms with E-state index >= 15 is 0 Å². The number of nitrogens with zero attached hydrogens (tertiary/aromatic N) is 4. The molecule has 3 atom stereocenters.